The van der Waals surface area contributed by atoms with Gasteiger partial charge in [0.15, 0.2) is 5.54 Å². The zero-order valence-electron chi connectivity index (χ0n) is 11.1. The number of primary amides is 1. The van der Waals surface area contributed by atoms with Gasteiger partial charge in [0.1, 0.15) is 5.82 Å². The Morgan fingerprint density at radius 2 is 2.00 bits per heavy atom. The number of anilines is 1. The predicted molar refractivity (Wildman–Crippen MR) is 75.4 cm³/mol. The summed E-state index contributed by atoms with van der Waals surface area (Å²) in [4.78, 5) is 16.0. The Bertz CT molecular complexity index is 586. The lowest BCUT2D eigenvalue weighted by Crippen LogP contribution is -2.48. The zero-order valence-corrected chi connectivity index (χ0v) is 11.1. The summed E-state index contributed by atoms with van der Waals surface area (Å²) in [5, 5.41) is 3.12. The number of hydrogen-bond acceptors (Lipinski definition) is 3. The van der Waals surface area contributed by atoms with Gasteiger partial charge in [0.2, 0.25) is 5.91 Å². The highest BCUT2D eigenvalue weighted by Crippen LogP contribution is 2.28. The van der Waals surface area contributed by atoms with Gasteiger partial charge in [0, 0.05) is 5.69 Å². The molecule has 0 fully saturated rings. The normalized spacial score (nSPS) is 13.5. The summed E-state index contributed by atoms with van der Waals surface area (Å²) < 4.78 is 13.0. The lowest BCUT2D eigenvalue weighted by atomic mass is 9.90. The number of aromatic nitrogens is 1. The Labute approximate surface area is 116 Å². The summed E-state index contributed by atoms with van der Waals surface area (Å²) in [7, 11) is 0. The molecule has 1 amide bonds. The van der Waals surface area contributed by atoms with E-state index in [9.17, 15) is 9.18 Å². The van der Waals surface area contributed by atoms with Crippen molar-refractivity contribution in [3.63, 3.8) is 0 Å². The van der Waals surface area contributed by atoms with E-state index in [4.69, 9.17) is 5.73 Å². The Kier molecular flexibility index (Phi) is 3.98. The molecule has 5 heteroatoms. The second kappa shape index (κ2) is 5.69. The molecule has 2 rings (SSSR count). The van der Waals surface area contributed by atoms with Crippen LogP contribution in [0.3, 0.4) is 0 Å². The van der Waals surface area contributed by atoms with Crippen LogP contribution in [0.25, 0.3) is 0 Å². The maximum absolute atomic E-state index is 13.0. The molecule has 0 spiro atoms. The van der Waals surface area contributed by atoms with Crippen molar-refractivity contribution in [2.75, 3.05) is 5.32 Å². The number of hydrogen-bond donors (Lipinski definition) is 2. The van der Waals surface area contributed by atoms with E-state index in [-0.39, 0.29) is 0 Å². The summed E-state index contributed by atoms with van der Waals surface area (Å²) in [6.45, 7) is 1.83. The van der Waals surface area contributed by atoms with E-state index in [0.717, 1.165) is 11.9 Å². The molecule has 1 heterocycles. The molecule has 20 heavy (non-hydrogen) atoms. The molecule has 0 aliphatic rings. The molecule has 0 saturated carbocycles. The maximum Gasteiger partial charge on any atom is 0.249 e. The van der Waals surface area contributed by atoms with Crippen molar-refractivity contribution in [2.45, 2.75) is 18.9 Å². The largest absolute Gasteiger partial charge is 0.367 e. The van der Waals surface area contributed by atoms with Gasteiger partial charge in [0.05, 0.1) is 11.9 Å². The monoisotopic (exact) mass is 273 g/mol. The molecule has 4 nitrogen and oxygen atoms in total. The molecule has 1 aromatic heterocycles. The summed E-state index contributed by atoms with van der Waals surface area (Å²) >= 11 is 0. The molecule has 2 aromatic rings. The topological polar surface area (TPSA) is 68.0 Å². The average Bonchev–Trinajstić information content (AvgIpc) is 2.46. The Hall–Kier alpha value is -2.43. The summed E-state index contributed by atoms with van der Waals surface area (Å²) in [5.41, 5.74) is 5.56. The van der Waals surface area contributed by atoms with Crippen LogP contribution in [0.2, 0.25) is 0 Å². The SMILES string of the molecule is CCC(Nc1ccccc1)(C(N)=O)c1ccc(F)cn1. The second-order valence-corrected chi connectivity index (χ2v) is 4.48. The smallest absolute Gasteiger partial charge is 0.249 e. The third-order valence-corrected chi connectivity index (χ3v) is 3.25. The number of amides is 1. The third-order valence-electron chi connectivity index (χ3n) is 3.25. The van der Waals surface area contributed by atoms with Crippen LogP contribution in [0.5, 0.6) is 0 Å². The van der Waals surface area contributed by atoms with Crippen LogP contribution < -0.4 is 11.1 Å². The van der Waals surface area contributed by atoms with Crippen LogP contribution >= 0.6 is 0 Å². The molecule has 1 unspecified atom stereocenters. The quantitative estimate of drug-likeness (QED) is 0.879. The third kappa shape index (κ3) is 2.61. The van der Waals surface area contributed by atoms with Gasteiger partial charge in [-0.25, -0.2) is 4.39 Å². The zero-order chi connectivity index (χ0) is 14.6. The first-order valence-corrected chi connectivity index (χ1v) is 6.33. The van der Waals surface area contributed by atoms with E-state index in [1.165, 1.54) is 12.1 Å². The van der Waals surface area contributed by atoms with E-state index in [1.807, 2.05) is 37.3 Å². The fourth-order valence-corrected chi connectivity index (χ4v) is 2.09. The van der Waals surface area contributed by atoms with Gasteiger partial charge in [-0.15, -0.1) is 0 Å². The molecule has 3 N–H and O–H groups in total. The van der Waals surface area contributed by atoms with Gasteiger partial charge in [-0.3, -0.25) is 9.78 Å². The van der Waals surface area contributed by atoms with Gasteiger partial charge < -0.3 is 11.1 Å². The van der Waals surface area contributed by atoms with Crippen LogP contribution in [-0.2, 0) is 10.3 Å². The van der Waals surface area contributed by atoms with E-state index in [2.05, 4.69) is 10.3 Å². The maximum atomic E-state index is 13.0. The van der Waals surface area contributed by atoms with Crippen molar-refractivity contribution >= 4 is 11.6 Å². The number of carbonyl (C=O) groups is 1. The Morgan fingerprint density at radius 3 is 2.50 bits per heavy atom. The Balaban J connectivity index is 2.45. The van der Waals surface area contributed by atoms with Crippen molar-refractivity contribution in [2.24, 2.45) is 5.73 Å². The van der Waals surface area contributed by atoms with Crippen LogP contribution in [0.1, 0.15) is 19.0 Å². The number of carbonyl (C=O) groups excluding carboxylic acids is 1. The molecule has 1 atom stereocenters. The fraction of sp³-hybridized carbons (Fsp3) is 0.200. The number of nitrogens with two attached hydrogens (primary N) is 1. The first-order chi connectivity index (χ1) is 9.58. The minimum Gasteiger partial charge on any atom is -0.367 e. The summed E-state index contributed by atoms with van der Waals surface area (Å²) in [6, 6.07) is 12.0. The second-order valence-electron chi connectivity index (χ2n) is 4.48. The van der Waals surface area contributed by atoms with Crippen LogP contribution in [0.15, 0.2) is 48.7 Å². The van der Waals surface area contributed by atoms with E-state index < -0.39 is 17.3 Å². The van der Waals surface area contributed by atoms with E-state index >= 15 is 0 Å². The lowest BCUT2D eigenvalue weighted by molar-refractivity contribution is -0.122. The van der Waals surface area contributed by atoms with Crippen molar-refractivity contribution in [1.29, 1.82) is 0 Å². The van der Waals surface area contributed by atoms with Crippen LogP contribution in [0.4, 0.5) is 10.1 Å². The highest BCUT2D eigenvalue weighted by Gasteiger charge is 2.38. The van der Waals surface area contributed by atoms with E-state index in [0.29, 0.717) is 12.1 Å². The number of rotatable bonds is 5. The molecule has 0 radical (unpaired) electrons. The number of nitrogens with one attached hydrogen (secondary N) is 1. The van der Waals surface area contributed by atoms with Gasteiger partial charge >= 0.3 is 0 Å². The minimum absolute atomic E-state index is 0.399. The highest BCUT2D eigenvalue weighted by molar-refractivity contribution is 5.88. The number of halogens is 1. The first kappa shape index (κ1) is 14.0. The van der Waals surface area contributed by atoms with Gasteiger partial charge in [0.25, 0.3) is 0 Å². The van der Waals surface area contributed by atoms with E-state index in [1.54, 1.807) is 0 Å². The number of pyridine rings is 1. The molecule has 0 saturated heterocycles. The van der Waals surface area contributed by atoms with Crippen molar-refractivity contribution in [3.05, 3.63) is 60.2 Å². The van der Waals surface area contributed by atoms with Gasteiger partial charge in [-0.05, 0) is 30.7 Å². The van der Waals surface area contributed by atoms with Crippen LogP contribution in [-0.4, -0.2) is 10.9 Å². The van der Waals surface area contributed by atoms with Gasteiger partial charge in [-0.2, -0.15) is 0 Å². The van der Waals surface area contributed by atoms with Crippen LogP contribution in [0, 0.1) is 5.82 Å². The molecule has 0 bridgehead atoms. The number of para-hydroxylation sites is 1. The molecule has 104 valence electrons. The Morgan fingerprint density at radius 1 is 1.30 bits per heavy atom. The van der Waals surface area contributed by atoms with Crippen molar-refractivity contribution in [1.82, 2.24) is 4.98 Å². The number of nitrogens with zero attached hydrogens (tertiary/aromatic N) is 1. The fourth-order valence-electron chi connectivity index (χ4n) is 2.09. The molecule has 0 aliphatic carbocycles. The minimum atomic E-state index is -1.16. The molecular formula is C15H16FN3O. The average molecular weight is 273 g/mol. The first-order valence-electron chi connectivity index (χ1n) is 6.33. The van der Waals surface area contributed by atoms with Crippen molar-refractivity contribution in [3.8, 4) is 0 Å². The lowest BCUT2D eigenvalue weighted by Gasteiger charge is -2.31. The molecule has 0 aliphatic heterocycles. The highest BCUT2D eigenvalue weighted by atomic mass is 19.1. The standard InChI is InChI=1S/C15H16FN3O/c1-2-15(14(17)20,13-9-8-11(16)10-18-13)19-12-6-4-3-5-7-12/h3-10,19H,2H2,1H3,(H2,17,20). The van der Waals surface area contributed by atoms with Crippen molar-refractivity contribution < 1.29 is 9.18 Å². The summed E-state index contributed by atoms with van der Waals surface area (Å²) in [5.74, 6) is -1.01. The predicted octanol–water partition coefficient (Wildman–Crippen LogP) is 2.42. The molecule has 1 aromatic carbocycles. The van der Waals surface area contributed by atoms with Gasteiger partial charge in [-0.1, -0.05) is 25.1 Å². The number of benzene rings is 1. The summed E-state index contributed by atoms with van der Waals surface area (Å²) in [6.07, 6.45) is 1.48. The molecular weight excluding hydrogens is 257 g/mol.